The molecule has 4 nitrogen and oxygen atoms in total. The summed E-state index contributed by atoms with van der Waals surface area (Å²) in [6.45, 7) is 0.608. The van der Waals surface area contributed by atoms with Crippen molar-refractivity contribution in [2.45, 2.75) is 13.2 Å². The second-order valence-corrected chi connectivity index (χ2v) is 5.62. The third-order valence-corrected chi connectivity index (χ3v) is 3.83. The number of phenols is 1. The summed E-state index contributed by atoms with van der Waals surface area (Å²) in [4.78, 5) is 11.9. The van der Waals surface area contributed by atoms with Gasteiger partial charge in [0.15, 0.2) is 0 Å². The van der Waals surface area contributed by atoms with Crippen molar-refractivity contribution in [2.75, 3.05) is 0 Å². The van der Waals surface area contributed by atoms with Crippen LogP contribution < -0.4 is 5.32 Å². The molecule has 0 radical (unpaired) electrons. The lowest BCUT2D eigenvalue weighted by Crippen LogP contribution is -2.23. The summed E-state index contributed by atoms with van der Waals surface area (Å²) in [5.41, 5.74) is 3.91. The molecule has 0 heterocycles. The van der Waals surface area contributed by atoms with E-state index in [1.807, 2.05) is 66.7 Å². The second kappa shape index (κ2) is 8.02. The van der Waals surface area contributed by atoms with Gasteiger partial charge in [0.05, 0.1) is 0 Å². The molecular formula is C21H19NO3. The van der Waals surface area contributed by atoms with Gasteiger partial charge in [-0.15, -0.1) is 0 Å². The lowest BCUT2D eigenvalue weighted by atomic mass is 9.99. The molecule has 0 saturated carbocycles. The first-order valence-corrected chi connectivity index (χ1v) is 8.04. The highest BCUT2D eigenvalue weighted by molar-refractivity contribution is 5.70. The quantitative estimate of drug-likeness (QED) is 0.723. The van der Waals surface area contributed by atoms with Gasteiger partial charge in [0.25, 0.3) is 0 Å². The fourth-order valence-electron chi connectivity index (χ4n) is 2.54. The Hall–Kier alpha value is -3.27. The lowest BCUT2D eigenvalue weighted by Gasteiger charge is -2.11. The number of amides is 1. The topological polar surface area (TPSA) is 58.6 Å². The van der Waals surface area contributed by atoms with E-state index < -0.39 is 6.09 Å². The van der Waals surface area contributed by atoms with Gasteiger partial charge in [-0.25, -0.2) is 4.79 Å². The smallest absolute Gasteiger partial charge is 0.407 e. The van der Waals surface area contributed by atoms with Crippen LogP contribution in [0.15, 0.2) is 78.9 Å². The zero-order chi connectivity index (χ0) is 17.5. The number of benzene rings is 3. The van der Waals surface area contributed by atoms with Crippen LogP contribution in [0, 0.1) is 0 Å². The SMILES string of the molecule is O=C(NCc1ccccc1-c1ccc(O)cc1)OCc1ccccc1. The number of carbonyl (C=O) groups excluding carboxylic acids is 1. The second-order valence-electron chi connectivity index (χ2n) is 5.62. The highest BCUT2D eigenvalue weighted by atomic mass is 16.5. The predicted octanol–water partition coefficient (Wildman–Crippen LogP) is 4.49. The van der Waals surface area contributed by atoms with Crippen LogP contribution in [-0.4, -0.2) is 11.2 Å². The Balaban J connectivity index is 1.61. The Morgan fingerprint density at radius 3 is 2.32 bits per heavy atom. The molecule has 0 aromatic heterocycles. The van der Waals surface area contributed by atoms with E-state index in [4.69, 9.17) is 4.74 Å². The van der Waals surface area contributed by atoms with Crippen molar-refractivity contribution in [1.82, 2.24) is 5.32 Å². The maximum Gasteiger partial charge on any atom is 0.407 e. The third-order valence-electron chi connectivity index (χ3n) is 3.83. The van der Waals surface area contributed by atoms with Gasteiger partial charge in [-0.05, 0) is 34.4 Å². The first-order valence-electron chi connectivity index (χ1n) is 8.04. The molecule has 1 amide bonds. The van der Waals surface area contributed by atoms with Crippen molar-refractivity contribution >= 4 is 6.09 Å². The van der Waals surface area contributed by atoms with Gasteiger partial charge in [0.2, 0.25) is 0 Å². The number of aromatic hydroxyl groups is 1. The Bertz CT molecular complexity index is 829. The number of alkyl carbamates (subject to hydrolysis) is 1. The monoisotopic (exact) mass is 333 g/mol. The highest BCUT2D eigenvalue weighted by Crippen LogP contribution is 2.25. The van der Waals surface area contributed by atoms with Crippen molar-refractivity contribution in [1.29, 1.82) is 0 Å². The number of nitrogens with one attached hydrogen (secondary N) is 1. The summed E-state index contributed by atoms with van der Waals surface area (Å²) in [6.07, 6.45) is -0.454. The Labute approximate surface area is 146 Å². The molecule has 0 spiro atoms. The predicted molar refractivity (Wildman–Crippen MR) is 97.0 cm³/mol. The molecule has 0 saturated heterocycles. The number of rotatable bonds is 5. The van der Waals surface area contributed by atoms with Crippen LogP contribution in [0.2, 0.25) is 0 Å². The molecule has 0 aliphatic carbocycles. The maximum atomic E-state index is 11.9. The molecular weight excluding hydrogens is 314 g/mol. The average molecular weight is 333 g/mol. The molecule has 3 aromatic rings. The summed E-state index contributed by atoms with van der Waals surface area (Å²) in [5.74, 6) is 0.226. The standard InChI is InChI=1S/C21H19NO3/c23-19-12-10-17(11-13-19)20-9-5-4-8-18(20)14-22-21(24)25-15-16-6-2-1-3-7-16/h1-13,23H,14-15H2,(H,22,24). The number of ether oxygens (including phenoxy) is 1. The van der Waals surface area contributed by atoms with Gasteiger partial charge in [-0.3, -0.25) is 0 Å². The van der Waals surface area contributed by atoms with E-state index in [0.717, 1.165) is 22.3 Å². The Morgan fingerprint density at radius 1 is 0.880 bits per heavy atom. The van der Waals surface area contributed by atoms with Crippen molar-refractivity contribution in [2.24, 2.45) is 0 Å². The summed E-state index contributed by atoms with van der Waals surface area (Å²) in [5, 5.41) is 12.2. The van der Waals surface area contributed by atoms with Crippen LogP contribution in [0.4, 0.5) is 4.79 Å². The van der Waals surface area contributed by atoms with Gasteiger partial charge in [-0.2, -0.15) is 0 Å². The van der Waals surface area contributed by atoms with Crippen molar-refractivity contribution in [3.8, 4) is 16.9 Å². The molecule has 3 rings (SSSR count). The Morgan fingerprint density at radius 2 is 1.56 bits per heavy atom. The number of phenolic OH excluding ortho intramolecular Hbond substituents is 1. The molecule has 4 heteroatoms. The van der Waals surface area contributed by atoms with Gasteiger partial charge < -0.3 is 15.2 Å². The average Bonchev–Trinajstić information content (AvgIpc) is 2.66. The van der Waals surface area contributed by atoms with E-state index in [1.54, 1.807) is 12.1 Å². The molecule has 3 aromatic carbocycles. The molecule has 126 valence electrons. The zero-order valence-corrected chi connectivity index (χ0v) is 13.7. The first kappa shape index (κ1) is 16.6. The van der Waals surface area contributed by atoms with E-state index in [0.29, 0.717) is 6.54 Å². The Kier molecular flexibility index (Phi) is 5.32. The number of carbonyl (C=O) groups is 1. The van der Waals surface area contributed by atoms with E-state index >= 15 is 0 Å². The molecule has 0 bridgehead atoms. The van der Waals surface area contributed by atoms with E-state index in [1.165, 1.54) is 0 Å². The van der Waals surface area contributed by atoms with E-state index in [2.05, 4.69) is 5.32 Å². The van der Waals surface area contributed by atoms with Crippen LogP contribution in [0.1, 0.15) is 11.1 Å². The van der Waals surface area contributed by atoms with Crippen molar-refractivity contribution < 1.29 is 14.6 Å². The van der Waals surface area contributed by atoms with Gasteiger partial charge >= 0.3 is 6.09 Å². The van der Waals surface area contributed by atoms with Crippen LogP contribution >= 0.6 is 0 Å². The largest absolute Gasteiger partial charge is 0.508 e. The molecule has 0 unspecified atom stereocenters. The minimum atomic E-state index is -0.454. The fourth-order valence-corrected chi connectivity index (χ4v) is 2.54. The third kappa shape index (κ3) is 4.61. The maximum absolute atomic E-state index is 11.9. The minimum absolute atomic E-state index is 0.226. The van der Waals surface area contributed by atoms with Gasteiger partial charge in [0.1, 0.15) is 12.4 Å². The lowest BCUT2D eigenvalue weighted by molar-refractivity contribution is 0.139. The normalized spacial score (nSPS) is 10.2. The van der Waals surface area contributed by atoms with Crippen LogP contribution in [0.3, 0.4) is 0 Å². The minimum Gasteiger partial charge on any atom is -0.508 e. The van der Waals surface area contributed by atoms with Crippen LogP contribution in [0.5, 0.6) is 5.75 Å². The summed E-state index contributed by atoms with van der Waals surface area (Å²) in [7, 11) is 0. The number of hydrogen-bond donors (Lipinski definition) is 2. The van der Waals surface area contributed by atoms with Crippen molar-refractivity contribution in [3.05, 3.63) is 90.0 Å². The van der Waals surface area contributed by atoms with Crippen LogP contribution in [-0.2, 0) is 17.9 Å². The first-order chi connectivity index (χ1) is 12.2. The van der Waals surface area contributed by atoms with Crippen molar-refractivity contribution in [3.63, 3.8) is 0 Å². The summed E-state index contributed by atoms with van der Waals surface area (Å²) >= 11 is 0. The summed E-state index contributed by atoms with van der Waals surface area (Å²) in [6, 6.07) is 24.4. The summed E-state index contributed by atoms with van der Waals surface area (Å²) < 4.78 is 5.23. The molecule has 25 heavy (non-hydrogen) atoms. The van der Waals surface area contributed by atoms with E-state index in [9.17, 15) is 9.90 Å². The number of hydrogen-bond acceptors (Lipinski definition) is 3. The van der Waals surface area contributed by atoms with E-state index in [-0.39, 0.29) is 12.4 Å². The molecule has 0 aliphatic rings. The molecule has 0 aliphatic heterocycles. The van der Waals surface area contributed by atoms with Gasteiger partial charge in [-0.1, -0.05) is 66.7 Å². The fraction of sp³-hybridized carbons (Fsp3) is 0.0952. The molecule has 0 atom stereocenters. The van der Waals surface area contributed by atoms with Crippen LogP contribution in [0.25, 0.3) is 11.1 Å². The highest BCUT2D eigenvalue weighted by Gasteiger charge is 2.07. The molecule has 2 N–H and O–H groups in total. The van der Waals surface area contributed by atoms with Gasteiger partial charge in [0, 0.05) is 6.54 Å². The zero-order valence-electron chi connectivity index (χ0n) is 13.7. The molecule has 0 fully saturated rings.